The van der Waals surface area contributed by atoms with Crippen molar-refractivity contribution in [2.75, 3.05) is 10.2 Å². The first-order valence-corrected chi connectivity index (χ1v) is 10.1. The Hall–Kier alpha value is -3.51. The van der Waals surface area contributed by atoms with Gasteiger partial charge >= 0.3 is 0 Å². The summed E-state index contributed by atoms with van der Waals surface area (Å²) >= 11 is 1.54. The van der Waals surface area contributed by atoms with Gasteiger partial charge in [0.25, 0.3) is 5.91 Å². The van der Waals surface area contributed by atoms with E-state index >= 15 is 0 Å². The van der Waals surface area contributed by atoms with Gasteiger partial charge in [0, 0.05) is 35.2 Å². The molecule has 29 heavy (non-hydrogen) atoms. The van der Waals surface area contributed by atoms with Gasteiger partial charge in [0.15, 0.2) is 5.13 Å². The van der Waals surface area contributed by atoms with Crippen molar-refractivity contribution in [1.29, 1.82) is 0 Å². The summed E-state index contributed by atoms with van der Waals surface area (Å²) in [6, 6.07) is 17.3. The first-order valence-electron chi connectivity index (χ1n) is 9.20. The molecule has 0 atom stereocenters. The summed E-state index contributed by atoms with van der Waals surface area (Å²) in [6.07, 6.45) is 5.27. The second-order valence-corrected chi connectivity index (χ2v) is 7.55. The molecule has 0 spiro atoms. The van der Waals surface area contributed by atoms with Crippen LogP contribution in [0.2, 0.25) is 0 Å². The van der Waals surface area contributed by atoms with Gasteiger partial charge in [-0.25, -0.2) is 4.98 Å². The lowest BCUT2D eigenvalue weighted by atomic mass is 10.1. The van der Waals surface area contributed by atoms with E-state index in [1.165, 1.54) is 0 Å². The molecule has 2 aromatic heterocycles. The number of aryl methyl sites for hydroxylation is 2. The van der Waals surface area contributed by atoms with Gasteiger partial charge in [-0.15, -0.1) is 11.3 Å². The van der Waals surface area contributed by atoms with Crippen molar-refractivity contribution in [1.82, 2.24) is 9.97 Å². The topological polar surface area (TPSA) is 58.1 Å². The highest BCUT2D eigenvalue weighted by molar-refractivity contribution is 7.13. The molecule has 0 saturated heterocycles. The van der Waals surface area contributed by atoms with Crippen LogP contribution < -0.4 is 10.2 Å². The summed E-state index contributed by atoms with van der Waals surface area (Å²) in [5, 5.41) is 5.75. The number of hydrogen-bond donors (Lipinski definition) is 1. The highest BCUT2D eigenvalue weighted by Crippen LogP contribution is 2.37. The molecule has 0 fully saturated rings. The lowest BCUT2D eigenvalue weighted by Crippen LogP contribution is -2.15. The molecule has 144 valence electrons. The molecule has 0 radical (unpaired) electrons. The van der Waals surface area contributed by atoms with Crippen LogP contribution in [-0.4, -0.2) is 15.9 Å². The number of anilines is 4. The maximum absolute atomic E-state index is 12.9. The third kappa shape index (κ3) is 4.17. The van der Waals surface area contributed by atoms with Crippen molar-refractivity contribution in [2.24, 2.45) is 0 Å². The van der Waals surface area contributed by atoms with Gasteiger partial charge < -0.3 is 5.32 Å². The number of carbonyl (C=O) groups excluding carboxylic acids is 1. The number of thiazole rings is 1. The summed E-state index contributed by atoms with van der Waals surface area (Å²) in [5.41, 5.74) is 5.35. The molecule has 0 aliphatic carbocycles. The van der Waals surface area contributed by atoms with Gasteiger partial charge in [0.2, 0.25) is 0 Å². The van der Waals surface area contributed by atoms with Crippen LogP contribution in [0, 0.1) is 13.8 Å². The summed E-state index contributed by atoms with van der Waals surface area (Å²) < 4.78 is 0. The molecule has 4 rings (SSSR count). The smallest absolute Gasteiger partial charge is 0.255 e. The Balaban J connectivity index is 1.72. The number of benzene rings is 2. The fraction of sp³-hybridized carbons (Fsp3) is 0.0870. The van der Waals surface area contributed by atoms with E-state index in [4.69, 9.17) is 0 Å². The molecule has 1 amide bonds. The third-order valence-corrected chi connectivity index (χ3v) is 5.28. The molecule has 0 unspecified atom stereocenters. The minimum absolute atomic E-state index is 0.148. The predicted molar refractivity (Wildman–Crippen MR) is 118 cm³/mol. The Morgan fingerprint density at radius 3 is 2.55 bits per heavy atom. The standard InChI is InChI=1S/C23H20N4OS/c1-16-4-3-5-19(14-16)26-22(28)18-7-6-17(2)21(15-18)27(23-25-12-13-29-23)20-8-10-24-11-9-20/h3-15H,1-2H3,(H,26,28). The molecule has 2 heterocycles. The van der Waals surface area contributed by atoms with Gasteiger partial charge in [0.1, 0.15) is 0 Å². The third-order valence-electron chi connectivity index (χ3n) is 4.52. The number of nitrogens with zero attached hydrogens (tertiary/aromatic N) is 3. The Morgan fingerprint density at radius 1 is 1.00 bits per heavy atom. The lowest BCUT2D eigenvalue weighted by Gasteiger charge is -2.24. The second kappa shape index (κ2) is 8.24. The van der Waals surface area contributed by atoms with Gasteiger partial charge in [-0.3, -0.25) is 14.7 Å². The number of carbonyl (C=O) groups is 1. The Labute approximate surface area is 173 Å². The van der Waals surface area contributed by atoms with E-state index in [-0.39, 0.29) is 5.91 Å². The van der Waals surface area contributed by atoms with Gasteiger partial charge in [-0.05, 0) is 61.4 Å². The molecule has 0 aliphatic rings. The number of hydrogen-bond acceptors (Lipinski definition) is 5. The first-order chi connectivity index (χ1) is 14.1. The second-order valence-electron chi connectivity index (χ2n) is 6.68. The number of amides is 1. The molecular formula is C23H20N4OS. The van der Waals surface area contributed by atoms with Crippen LogP contribution in [-0.2, 0) is 0 Å². The molecule has 4 aromatic rings. The molecule has 0 aliphatic heterocycles. The molecule has 2 aromatic carbocycles. The van der Waals surface area contributed by atoms with Crippen molar-refractivity contribution in [2.45, 2.75) is 13.8 Å². The zero-order valence-electron chi connectivity index (χ0n) is 16.2. The van der Waals surface area contributed by atoms with E-state index in [0.717, 1.165) is 33.3 Å². The van der Waals surface area contributed by atoms with Crippen LogP contribution in [0.3, 0.4) is 0 Å². The van der Waals surface area contributed by atoms with Crippen molar-refractivity contribution in [3.63, 3.8) is 0 Å². The van der Waals surface area contributed by atoms with Crippen molar-refractivity contribution in [3.8, 4) is 0 Å². The number of aromatic nitrogens is 2. The summed E-state index contributed by atoms with van der Waals surface area (Å²) in [7, 11) is 0. The van der Waals surface area contributed by atoms with Crippen LogP contribution in [0.4, 0.5) is 22.2 Å². The molecule has 0 saturated carbocycles. The summed E-state index contributed by atoms with van der Waals surface area (Å²) in [5.74, 6) is -0.148. The molecule has 0 bridgehead atoms. The van der Waals surface area contributed by atoms with Crippen molar-refractivity contribution in [3.05, 3.63) is 95.3 Å². The molecular weight excluding hydrogens is 380 g/mol. The predicted octanol–water partition coefficient (Wildman–Crippen LogP) is 5.88. The Bertz CT molecular complexity index is 1130. The highest BCUT2D eigenvalue weighted by atomic mass is 32.1. The first kappa shape index (κ1) is 18.8. The Morgan fingerprint density at radius 2 is 1.83 bits per heavy atom. The normalized spacial score (nSPS) is 10.6. The molecule has 1 N–H and O–H groups in total. The molecule has 5 nitrogen and oxygen atoms in total. The van der Waals surface area contributed by atoms with E-state index in [9.17, 15) is 4.79 Å². The minimum Gasteiger partial charge on any atom is -0.322 e. The van der Waals surface area contributed by atoms with Crippen molar-refractivity contribution < 1.29 is 4.79 Å². The van der Waals surface area contributed by atoms with E-state index in [2.05, 4.69) is 15.3 Å². The Kier molecular flexibility index (Phi) is 5.35. The fourth-order valence-corrected chi connectivity index (χ4v) is 3.76. The van der Waals surface area contributed by atoms with E-state index < -0.39 is 0 Å². The number of rotatable bonds is 5. The minimum atomic E-state index is -0.148. The SMILES string of the molecule is Cc1cccc(NC(=O)c2ccc(C)c(N(c3ccncc3)c3nccs3)c2)c1. The fourth-order valence-electron chi connectivity index (χ4n) is 3.09. The highest BCUT2D eigenvalue weighted by Gasteiger charge is 2.18. The largest absolute Gasteiger partial charge is 0.322 e. The zero-order chi connectivity index (χ0) is 20.2. The zero-order valence-corrected chi connectivity index (χ0v) is 17.0. The van der Waals surface area contributed by atoms with Gasteiger partial charge in [0.05, 0.1) is 11.4 Å². The number of pyridine rings is 1. The van der Waals surface area contributed by atoms with Crippen LogP contribution >= 0.6 is 11.3 Å². The average molecular weight is 401 g/mol. The van der Waals surface area contributed by atoms with Crippen LogP contribution in [0.25, 0.3) is 0 Å². The quantitative estimate of drug-likeness (QED) is 0.455. The summed E-state index contributed by atoms with van der Waals surface area (Å²) in [4.78, 5) is 23.5. The lowest BCUT2D eigenvalue weighted by molar-refractivity contribution is 0.102. The van der Waals surface area contributed by atoms with Gasteiger partial charge in [-0.2, -0.15) is 0 Å². The summed E-state index contributed by atoms with van der Waals surface area (Å²) in [6.45, 7) is 4.03. The number of nitrogens with one attached hydrogen (secondary N) is 1. The monoisotopic (exact) mass is 400 g/mol. The van der Waals surface area contributed by atoms with Crippen LogP contribution in [0.5, 0.6) is 0 Å². The van der Waals surface area contributed by atoms with Crippen LogP contribution in [0.15, 0.2) is 78.6 Å². The van der Waals surface area contributed by atoms with E-state index in [1.54, 1.807) is 29.9 Å². The van der Waals surface area contributed by atoms with Gasteiger partial charge in [-0.1, -0.05) is 18.2 Å². The maximum Gasteiger partial charge on any atom is 0.255 e. The van der Waals surface area contributed by atoms with Crippen LogP contribution in [0.1, 0.15) is 21.5 Å². The van der Waals surface area contributed by atoms with E-state index in [0.29, 0.717) is 5.56 Å². The van der Waals surface area contributed by atoms with Crippen molar-refractivity contribution >= 4 is 39.4 Å². The molecule has 6 heteroatoms. The average Bonchev–Trinajstić information content (AvgIpc) is 3.25. The van der Waals surface area contributed by atoms with E-state index in [1.807, 2.05) is 78.7 Å². The maximum atomic E-state index is 12.9.